The summed E-state index contributed by atoms with van der Waals surface area (Å²) >= 11 is 0. The molecule has 1 saturated heterocycles. The molecule has 2 atom stereocenters. The average Bonchev–Trinajstić information content (AvgIpc) is 3.42. The number of likely N-dealkylation sites (tertiary alicyclic amines) is 1. The SMILES string of the molecule is CC1(C)CC(c2ccccc2)Nc2c(C(=O)N3CCC(Oc4ccccc4)C3)cnn21. The van der Waals surface area contributed by atoms with Crippen molar-refractivity contribution in [1.29, 1.82) is 0 Å². The average molecular weight is 417 g/mol. The Kier molecular flexibility index (Phi) is 4.93. The van der Waals surface area contributed by atoms with Crippen molar-refractivity contribution in [3.8, 4) is 5.75 Å². The molecule has 1 fully saturated rings. The number of para-hydroxylation sites is 1. The number of carbonyl (C=O) groups excluding carboxylic acids is 1. The van der Waals surface area contributed by atoms with Gasteiger partial charge in [0.25, 0.3) is 5.91 Å². The predicted octanol–water partition coefficient (Wildman–Crippen LogP) is 4.47. The molecule has 160 valence electrons. The molecule has 2 aliphatic heterocycles. The summed E-state index contributed by atoms with van der Waals surface area (Å²) in [5.41, 5.74) is 1.66. The maximum Gasteiger partial charge on any atom is 0.259 e. The van der Waals surface area contributed by atoms with E-state index in [9.17, 15) is 4.79 Å². The number of amides is 1. The molecule has 1 aromatic heterocycles. The molecular formula is C25H28N4O2. The van der Waals surface area contributed by atoms with Gasteiger partial charge in [0.1, 0.15) is 23.2 Å². The van der Waals surface area contributed by atoms with E-state index >= 15 is 0 Å². The van der Waals surface area contributed by atoms with Gasteiger partial charge in [-0.05, 0) is 38.0 Å². The van der Waals surface area contributed by atoms with E-state index in [1.54, 1.807) is 6.20 Å². The molecule has 0 bridgehead atoms. The Morgan fingerprint density at radius 3 is 2.55 bits per heavy atom. The second-order valence-electron chi connectivity index (χ2n) is 9.04. The minimum absolute atomic E-state index is 0.0115. The highest BCUT2D eigenvalue weighted by atomic mass is 16.5. The van der Waals surface area contributed by atoms with Crippen LogP contribution in [0.4, 0.5) is 5.82 Å². The van der Waals surface area contributed by atoms with E-state index in [0.717, 1.165) is 24.4 Å². The van der Waals surface area contributed by atoms with E-state index < -0.39 is 0 Å². The van der Waals surface area contributed by atoms with Crippen molar-refractivity contribution in [1.82, 2.24) is 14.7 Å². The van der Waals surface area contributed by atoms with Crippen molar-refractivity contribution in [2.75, 3.05) is 18.4 Å². The molecule has 1 N–H and O–H groups in total. The van der Waals surface area contributed by atoms with Gasteiger partial charge >= 0.3 is 0 Å². The zero-order valence-corrected chi connectivity index (χ0v) is 18.0. The number of aromatic nitrogens is 2. The largest absolute Gasteiger partial charge is 0.489 e. The zero-order valence-electron chi connectivity index (χ0n) is 18.0. The van der Waals surface area contributed by atoms with Crippen LogP contribution in [0.3, 0.4) is 0 Å². The molecule has 0 aliphatic carbocycles. The third-order valence-electron chi connectivity index (χ3n) is 6.27. The fourth-order valence-corrected chi connectivity index (χ4v) is 4.66. The summed E-state index contributed by atoms with van der Waals surface area (Å²) in [6.45, 7) is 5.62. The number of hydrogen-bond donors (Lipinski definition) is 1. The van der Waals surface area contributed by atoms with Gasteiger partial charge in [-0.2, -0.15) is 5.10 Å². The topological polar surface area (TPSA) is 59.4 Å². The van der Waals surface area contributed by atoms with Gasteiger partial charge in [0.05, 0.1) is 24.3 Å². The van der Waals surface area contributed by atoms with E-state index in [4.69, 9.17) is 4.74 Å². The van der Waals surface area contributed by atoms with Crippen LogP contribution in [0.1, 0.15) is 48.7 Å². The summed E-state index contributed by atoms with van der Waals surface area (Å²) in [5, 5.41) is 8.19. The van der Waals surface area contributed by atoms with Gasteiger partial charge in [-0.25, -0.2) is 4.68 Å². The highest BCUT2D eigenvalue weighted by molar-refractivity contribution is 5.99. The molecule has 6 nitrogen and oxygen atoms in total. The van der Waals surface area contributed by atoms with Crippen molar-refractivity contribution in [3.63, 3.8) is 0 Å². The second kappa shape index (κ2) is 7.76. The second-order valence-corrected chi connectivity index (χ2v) is 9.04. The highest BCUT2D eigenvalue weighted by Crippen LogP contribution is 2.40. The lowest BCUT2D eigenvalue weighted by atomic mass is 9.89. The zero-order chi connectivity index (χ0) is 21.4. The fraction of sp³-hybridized carbons (Fsp3) is 0.360. The van der Waals surface area contributed by atoms with Crippen LogP contribution in [-0.2, 0) is 5.54 Å². The number of carbonyl (C=O) groups is 1. The number of nitrogens with one attached hydrogen (secondary N) is 1. The maximum atomic E-state index is 13.4. The summed E-state index contributed by atoms with van der Waals surface area (Å²) in [5.74, 6) is 1.67. The van der Waals surface area contributed by atoms with Crippen LogP contribution in [-0.4, -0.2) is 39.8 Å². The van der Waals surface area contributed by atoms with E-state index in [0.29, 0.717) is 18.7 Å². The number of fused-ring (bicyclic) bond motifs is 1. The third kappa shape index (κ3) is 3.78. The third-order valence-corrected chi connectivity index (χ3v) is 6.27. The van der Waals surface area contributed by atoms with Crippen LogP contribution in [0.15, 0.2) is 66.9 Å². The van der Waals surface area contributed by atoms with E-state index in [1.165, 1.54) is 5.56 Å². The molecule has 2 aliphatic rings. The standard InChI is InChI=1S/C25H28N4O2/c1-25(2)15-22(18-9-5-3-6-10-18)27-23-21(16-26-29(23)25)24(30)28-14-13-20(17-28)31-19-11-7-4-8-12-19/h3-12,16,20,22,27H,13-15,17H2,1-2H3. The van der Waals surface area contributed by atoms with Gasteiger partial charge < -0.3 is 15.0 Å². The Hall–Kier alpha value is -3.28. The number of ether oxygens (including phenoxy) is 1. The normalized spacial score (nSPS) is 21.9. The molecule has 31 heavy (non-hydrogen) atoms. The first-order valence-corrected chi connectivity index (χ1v) is 10.9. The molecule has 0 spiro atoms. The molecule has 3 heterocycles. The lowest BCUT2D eigenvalue weighted by Gasteiger charge is -2.38. The van der Waals surface area contributed by atoms with Crippen LogP contribution in [0.2, 0.25) is 0 Å². The summed E-state index contributed by atoms with van der Waals surface area (Å²) in [6, 6.07) is 20.3. The fourth-order valence-electron chi connectivity index (χ4n) is 4.66. The lowest BCUT2D eigenvalue weighted by molar-refractivity contribution is 0.0773. The highest BCUT2D eigenvalue weighted by Gasteiger charge is 2.38. The molecule has 5 rings (SSSR count). The van der Waals surface area contributed by atoms with E-state index in [-0.39, 0.29) is 23.6 Å². The number of anilines is 1. The van der Waals surface area contributed by atoms with Gasteiger partial charge in [0.15, 0.2) is 0 Å². The first-order valence-electron chi connectivity index (χ1n) is 10.9. The Balaban J connectivity index is 1.35. The van der Waals surface area contributed by atoms with Crippen LogP contribution < -0.4 is 10.1 Å². The van der Waals surface area contributed by atoms with Crippen molar-refractivity contribution >= 4 is 11.7 Å². The number of hydrogen-bond acceptors (Lipinski definition) is 4. The minimum atomic E-state index is -0.191. The van der Waals surface area contributed by atoms with Gasteiger partial charge in [-0.15, -0.1) is 0 Å². The van der Waals surface area contributed by atoms with E-state index in [1.807, 2.05) is 46.0 Å². The molecule has 0 radical (unpaired) electrons. The first-order chi connectivity index (χ1) is 15.0. The molecule has 1 amide bonds. The molecule has 2 aromatic carbocycles. The molecule has 2 unspecified atom stereocenters. The van der Waals surface area contributed by atoms with Crippen LogP contribution >= 0.6 is 0 Å². The summed E-state index contributed by atoms with van der Waals surface area (Å²) in [7, 11) is 0. The Morgan fingerprint density at radius 1 is 1.10 bits per heavy atom. The molecular weight excluding hydrogens is 388 g/mol. The predicted molar refractivity (Wildman–Crippen MR) is 120 cm³/mol. The smallest absolute Gasteiger partial charge is 0.259 e. The van der Waals surface area contributed by atoms with Gasteiger partial charge in [-0.1, -0.05) is 48.5 Å². The first kappa shape index (κ1) is 19.7. The number of benzene rings is 2. The van der Waals surface area contributed by atoms with Gasteiger partial charge in [-0.3, -0.25) is 4.79 Å². The van der Waals surface area contributed by atoms with Crippen LogP contribution in [0.25, 0.3) is 0 Å². The number of rotatable bonds is 4. The van der Waals surface area contributed by atoms with E-state index in [2.05, 4.69) is 48.5 Å². The maximum absolute atomic E-state index is 13.4. The Labute approximate surface area is 182 Å². The van der Waals surface area contributed by atoms with Crippen LogP contribution in [0.5, 0.6) is 5.75 Å². The molecule has 3 aromatic rings. The molecule has 6 heteroatoms. The van der Waals surface area contributed by atoms with Crippen LogP contribution in [0, 0.1) is 0 Å². The Bertz CT molecular complexity index is 1060. The summed E-state index contributed by atoms with van der Waals surface area (Å²) in [4.78, 5) is 15.3. The minimum Gasteiger partial charge on any atom is -0.489 e. The number of nitrogens with zero attached hydrogens (tertiary/aromatic N) is 3. The van der Waals surface area contributed by atoms with Gasteiger partial charge in [0.2, 0.25) is 0 Å². The molecule has 0 saturated carbocycles. The summed E-state index contributed by atoms with van der Waals surface area (Å²) < 4.78 is 8.03. The van der Waals surface area contributed by atoms with Gasteiger partial charge in [0, 0.05) is 13.0 Å². The Morgan fingerprint density at radius 2 is 1.81 bits per heavy atom. The summed E-state index contributed by atoms with van der Waals surface area (Å²) in [6.07, 6.45) is 3.45. The van der Waals surface area contributed by atoms with Crippen molar-refractivity contribution < 1.29 is 9.53 Å². The lowest BCUT2D eigenvalue weighted by Crippen LogP contribution is -2.39. The van der Waals surface area contributed by atoms with Crippen molar-refractivity contribution in [2.24, 2.45) is 0 Å². The quantitative estimate of drug-likeness (QED) is 0.682. The van der Waals surface area contributed by atoms with Crippen molar-refractivity contribution in [2.45, 2.75) is 44.4 Å². The van der Waals surface area contributed by atoms with Crippen molar-refractivity contribution in [3.05, 3.63) is 78.0 Å². The monoisotopic (exact) mass is 416 g/mol.